The monoisotopic (exact) mass is 210 g/mol. The van der Waals surface area contributed by atoms with Gasteiger partial charge in [0, 0.05) is 0 Å². The fourth-order valence-corrected chi connectivity index (χ4v) is 1.92. The summed E-state index contributed by atoms with van der Waals surface area (Å²) in [5.74, 6) is 0.518. The molecule has 1 fully saturated rings. The average molecular weight is 210 g/mol. The van der Waals surface area contributed by atoms with Crippen LogP contribution in [-0.4, -0.2) is 27.8 Å². The van der Waals surface area contributed by atoms with Crippen LogP contribution in [0.2, 0.25) is 0 Å². The molecule has 0 saturated carbocycles. The van der Waals surface area contributed by atoms with Crippen molar-refractivity contribution in [2.24, 2.45) is 5.92 Å². The minimum Gasteiger partial charge on any atom is -0.358 e. The van der Waals surface area contributed by atoms with Crippen LogP contribution < -0.4 is 5.32 Å². The van der Waals surface area contributed by atoms with Crippen molar-refractivity contribution in [2.75, 3.05) is 13.1 Å². The molecule has 0 aliphatic carbocycles. The molecule has 1 unspecified atom stereocenters. The predicted octanol–water partition coefficient (Wildman–Crippen LogP) is 0.709. The Morgan fingerprint density at radius 1 is 1.80 bits per heavy atom. The minimum absolute atomic E-state index is 0.0269. The molecular formula is C9H14N4O2. The molecule has 1 N–H and O–H groups in total. The summed E-state index contributed by atoms with van der Waals surface area (Å²) >= 11 is 0. The third-order valence-electron chi connectivity index (χ3n) is 2.70. The van der Waals surface area contributed by atoms with E-state index in [0.717, 1.165) is 26.1 Å². The van der Waals surface area contributed by atoms with Crippen molar-refractivity contribution in [3.8, 4) is 0 Å². The third kappa shape index (κ3) is 2.15. The van der Waals surface area contributed by atoms with E-state index >= 15 is 0 Å². The molecule has 1 aliphatic rings. The van der Waals surface area contributed by atoms with Crippen LogP contribution in [0.5, 0.6) is 0 Å². The van der Waals surface area contributed by atoms with E-state index in [-0.39, 0.29) is 5.82 Å². The van der Waals surface area contributed by atoms with Gasteiger partial charge in [-0.15, -0.1) is 0 Å². The second-order valence-corrected chi connectivity index (χ2v) is 3.97. The first-order valence-electron chi connectivity index (χ1n) is 5.06. The molecule has 82 valence electrons. The van der Waals surface area contributed by atoms with E-state index in [1.165, 1.54) is 0 Å². The van der Waals surface area contributed by atoms with E-state index in [0.29, 0.717) is 11.5 Å². The van der Waals surface area contributed by atoms with Crippen molar-refractivity contribution in [2.45, 2.75) is 19.9 Å². The number of aryl methyl sites for hydroxylation is 1. The summed E-state index contributed by atoms with van der Waals surface area (Å²) in [5.41, 5.74) is 0.631. The van der Waals surface area contributed by atoms with Gasteiger partial charge in [-0.3, -0.25) is 0 Å². The van der Waals surface area contributed by atoms with Gasteiger partial charge in [0.15, 0.2) is 0 Å². The lowest BCUT2D eigenvalue weighted by Gasteiger charge is -2.03. The number of nitrogens with one attached hydrogen (secondary N) is 1. The molecule has 2 heterocycles. The maximum Gasteiger partial charge on any atom is 0.392 e. The maximum absolute atomic E-state index is 10.6. The molecule has 15 heavy (non-hydrogen) atoms. The van der Waals surface area contributed by atoms with Gasteiger partial charge >= 0.3 is 5.82 Å². The highest BCUT2D eigenvalue weighted by Gasteiger charge is 2.21. The van der Waals surface area contributed by atoms with Gasteiger partial charge in [-0.1, -0.05) is 0 Å². The predicted molar refractivity (Wildman–Crippen MR) is 54.6 cm³/mol. The fourth-order valence-electron chi connectivity index (χ4n) is 1.92. The molecule has 0 amide bonds. The molecule has 1 saturated heterocycles. The van der Waals surface area contributed by atoms with Crippen molar-refractivity contribution < 1.29 is 4.92 Å². The van der Waals surface area contributed by atoms with E-state index in [1.807, 2.05) is 0 Å². The van der Waals surface area contributed by atoms with Crippen LogP contribution in [0.15, 0.2) is 6.20 Å². The highest BCUT2D eigenvalue weighted by molar-refractivity contribution is 5.27. The van der Waals surface area contributed by atoms with Gasteiger partial charge in [-0.25, -0.2) is 0 Å². The van der Waals surface area contributed by atoms with Gasteiger partial charge in [0.2, 0.25) is 0 Å². The molecular weight excluding hydrogens is 196 g/mol. The molecule has 1 aromatic heterocycles. The minimum atomic E-state index is -0.432. The molecule has 6 heteroatoms. The van der Waals surface area contributed by atoms with Crippen LogP contribution in [0.1, 0.15) is 12.0 Å². The Morgan fingerprint density at radius 2 is 2.60 bits per heavy atom. The normalized spacial score (nSPS) is 20.7. The summed E-state index contributed by atoms with van der Waals surface area (Å²) in [5, 5.41) is 17.8. The standard InChI is InChI=1S/C9H14N4O2/c1-7-5-12(11-9(7)13(14)15)6-8-2-3-10-4-8/h5,8,10H,2-4,6H2,1H3. The first kappa shape index (κ1) is 10.1. The Labute approximate surface area is 87.4 Å². The van der Waals surface area contributed by atoms with Crippen molar-refractivity contribution in [1.29, 1.82) is 0 Å². The van der Waals surface area contributed by atoms with Crippen LogP contribution >= 0.6 is 0 Å². The van der Waals surface area contributed by atoms with Crippen LogP contribution in [0.4, 0.5) is 5.82 Å². The molecule has 1 aromatic rings. The summed E-state index contributed by atoms with van der Waals surface area (Å²) < 4.78 is 1.69. The Kier molecular flexibility index (Phi) is 2.68. The first-order chi connectivity index (χ1) is 7.16. The Hall–Kier alpha value is -1.43. The lowest BCUT2D eigenvalue weighted by molar-refractivity contribution is -0.390. The first-order valence-corrected chi connectivity index (χ1v) is 5.06. The third-order valence-corrected chi connectivity index (χ3v) is 2.70. The van der Waals surface area contributed by atoms with Crippen molar-refractivity contribution in [3.63, 3.8) is 0 Å². The Bertz CT molecular complexity index is 368. The van der Waals surface area contributed by atoms with Crippen LogP contribution in [0, 0.1) is 23.0 Å². The molecule has 0 aromatic carbocycles. The van der Waals surface area contributed by atoms with E-state index in [9.17, 15) is 10.1 Å². The van der Waals surface area contributed by atoms with E-state index in [1.54, 1.807) is 17.8 Å². The number of nitrogens with zero attached hydrogens (tertiary/aromatic N) is 3. The number of hydrogen-bond donors (Lipinski definition) is 1. The Morgan fingerprint density at radius 3 is 3.13 bits per heavy atom. The zero-order valence-corrected chi connectivity index (χ0v) is 8.64. The van der Waals surface area contributed by atoms with Gasteiger partial charge in [-0.05, 0) is 37.3 Å². The second kappa shape index (κ2) is 3.98. The topological polar surface area (TPSA) is 73.0 Å². The van der Waals surface area contributed by atoms with Crippen LogP contribution in [0.25, 0.3) is 0 Å². The summed E-state index contributed by atoms with van der Waals surface area (Å²) in [4.78, 5) is 10.2. The average Bonchev–Trinajstić information content (AvgIpc) is 2.75. The van der Waals surface area contributed by atoms with E-state index in [2.05, 4.69) is 10.4 Å². The number of aromatic nitrogens is 2. The van der Waals surface area contributed by atoms with Gasteiger partial charge in [0.05, 0.1) is 23.4 Å². The van der Waals surface area contributed by atoms with E-state index < -0.39 is 4.92 Å². The SMILES string of the molecule is Cc1cn(CC2CCNC2)nc1[N+](=O)[O-]. The summed E-state index contributed by atoms with van der Waals surface area (Å²) in [6.45, 7) is 4.50. The fraction of sp³-hybridized carbons (Fsp3) is 0.667. The quantitative estimate of drug-likeness (QED) is 0.589. The second-order valence-electron chi connectivity index (χ2n) is 3.97. The van der Waals surface area contributed by atoms with Crippen LogP contribution in [0.3, 0.4) is 0 Å². The number of rotatable bonds is 3. The Balaban J connectivity index is 2.08. The molecule has 6 nitrogen and oxygen atoms in total. The molecule has 0 radical (unpaired) electrons. The summed E-state index contributed by atoms with van der Waals surface area (Å²) in [6.07, 6.45) is 2.86. The van der Waals surface area contributed by atoms with Crippen molar-refractivity contribution in [3.05, 3.63) is 21.9 Å². The lowest BCUT2D eigenvalue weighted by Crippen LogP contribution is -2.14. The van der Waals surface area contributed by atoms with Gasteiger partial charge in [0.1, 0.15) is 0 Å². The van der Waals surface area contributed by atoms with Gasteiger partial charge in [-0.2, -0.15) is 4.68 Å². The van der Waals surface area contributed by atoms with E-state index in [4.69, 9.17) is 0 Å². The smallest absolute Gasteiger partial charge is 0.358 e. The molecule has 0 spiro atoms. The molecule has 0 bridgehead atoms. The number of nitro groups is 1. The number of hydrogen-bond acceptors (Lipinski definition) is 4. The molecule has 1 atom stereocenters. The largest absolute Gasteiger partial charge is 0.392 e. The zero-order chi connectivity index (χ0) is 10.8. The zero-order valence-electron chi connectivity index (χ0n) is 8.64. The maximum atomic E-state index is 10.6. The van der Waals surface area contributed by atoms with Crippen LogP contribution in [-0.2, 0) is 6.54 Å². The highest BCUT2D eigenvalue weighted by atomic mass is 16.6. The lowest BCUT2D eigenvalue weighted by atomic mass is 10.1. The van der Waals surface area contributed by atoms with Gasteiger partial charge in [0.25, 0.3) is 0 Å². The summed E-state index contributed by atoms with van der Waals surface area (Å²) in [7, 11) is 0. The molecule has 1 aliphatic heterocycles. The van der Waals surface area contributed by atoms with Gasteiger partial charge < -0.3 is 15.4 Å². The summed E-state index contributed by atoms with van der Waals surface area (Å²) in [6, 6.07) is 0. The van der Waals surface area contributed by atoms with Crippen molar-refractivity contribution >= 4 is 5.82 Å². The highest BCUT2D eigenvalue weighted by Crippen LogP contribution is 2.16. The molecule has 2 rings (SSSR count). The van der Waals surface area contributed by atoms with Crippen molar-refractivity contribution in [1.82, 2.24) is 15.1 Å².